The summed E-state index contributed by atoms with van der Waals surface area (Å²) in [6.45, 7) is 6.46. The highest BCUT2D eigenvalue weighted by molar-refractivity contribution is 5.71. The van der Waals surface area contributed by atoms with Crippen LogP contribution in [0.25, 0.3) is 0 Å². The van der Waals surface area contributed by atoms with E-state index in [9.17, 15) is 14.4 Å². The van der Waals surface area contributed by atoms with Crippen molar-refractivity contribution in [2.24, 2.45) is 0 Å². The lowest BCUT2D eigenvalue weighted by Gasteiger charge is -2.18. The summed E-state index contributed by atoms with van der Waals surface area (Å²) in [4.78, 5) is 38.3. The van der Waals surface area contributed by atoms with Gasteiger partial charge in [0.1, 0.15) is 13.2 Å². The maximum absolute atomic E-state index is 12.9. The van der Waals surface area contributed by atoms with E-state index in [1.165, 1.54) is 116 Å². The van der Waals surface area contributed by atoms with Gasteiger partial charge in [-0.15, -0.1) is 0 Å². The first-order valence-corrected chi connectivity index (χ1v) is 31.4. The summed E-state index contributed by atoms with van der Waals surface area (Å²) in [5.74, 6) is -0.912. The fraction of sp³-hybridized carbons (Fsp3) is 0.696. The zero-order chi connectivity index (χ0) is 54.3. The van der Waals surface area contributed by atoms with Crippen LogP contribution in [-0.2, 0) is 28.6 Å². The molecule has 0 aromatic heterocycles. The van der Waals surface area contributed by atoms with Crippen molar-refractivity contribution in [1.82, 2.24) is 0 Å². The number of allylic oxidation sites excluding steroid dienone is 18. The number of carbonyl (C=O) groups excluding carboxylic acids is 3. The summed E-state index contributed by atoms with van der Waals surface area (Å²) >= 11 is 0. The van der Waals surface area contributed by atoms with Crippen molar-refractivity contribution in [3.63, 3.8) is 0 Å². The van der Waals surface area contributed by atoms with Crippen molar-refractivity contribution in [2.75, 3.05) is 13.2 Å². The average Bonchev–Trinajstić information content (AvgIpc) is 3.41. The minimum Gasteiger partial charge on any atom is -0.462 e. The van der Waals surface area contributed by atoms with Gasteiger partial charge >= 0.3 is 17.9 Å². The van der Waals surface area contributed by atoms with E-state index in [2.05, 4.69) is 130 Å². The van der Waals surface area contributed by atoms with Crippen molar-refractivity contribution in [3.05, 3.63) is 109 Å². The van der Waals surface area contributed by atoms with Gasteiger partial charge in [0.2, 0.25) is 0 Å². The van der Waals surface area contributed by atoms with Gasteiger partial charge in [0, 0.05) is 19.3 Å². The summed E-state index contributed by atoms with van der Waals surface area (Å²) in [6, 6.07) is 0. The first kappa shape index (κ1) is 71.1. The Morgan fingerprint density at radius 1 is 0.280 bits per heavy atom. The van der Waals surface area contributed by atoms with Crippen LogP contribution >= 0.6 is 0 Å². The lowest BCUT2D eigenvalue weighted by molar-refractivity contribution is -0.167. The Bertz CT molecular complexity index is 1520. The summed E-state index contributed by atoms with van der Waals surface area (Å²) in [5.41, 5.74) is 0. The van der Waals surface area contributed by atoms with Crippen LogP contribution in [0.1, 0.15) is 290 Å². The molecule has 0 rings (SSSR count). The van der Waals surface area contributed by atoms with Crippen molar-refractivity contribution in [3.8, 4) is 0 Å². The van der Waals surface area contributed by atoms with E-state index in [1.807, 2.05) is 0 Å². The van der Waals surface area contributed by atoms with Crippen LogP contribution in [0.3, 0.4) is 0 Å². The maximum atomic E-state index is 12.9. The van der Waals surface area contributed by atoms with Gasteiger partial charge in [-0.25, -0.2) is 0 Å². The fourth-order valence-electron chi connectivity index (χ4n) is 8.52. The SMILES string of the molecule is CC/C=C\C/C=C\C/C=C\C/C=C\C/C=C\CCCCCCCCCCCC(=O)OCC(COC(=O)CCCCCCC/C=C\C/C=C\CCCC)OC(=O)CCCCCCCCC/C=C\C/C=C\CCCCCC. The normalized spacial score (nSPS) is 12.8. The topological polar surface area (TPSA) is 78.9 Å². The Morgan fingerprint density at radius 3 is 0.853 bits per heavy atom. The van der Waals surface area contributed by atoms with Gasteiger partial charge in [-0.2, -0.15) is 0 Å². The summed E-state index contributed by atoms with van der Waals surface area (Å²) < 4.78 is 16.9. The zero-order valence-corrected chi connectivity index (χ0v) is 49.0. The Balaban J connectivity index is 4.38. The molecule has 0 saturated carbocycles. The molecule has 1 atom stereocenters. The number of hydrogen-bond donors (Lipinski definition) is 0. The second-order valence-corrected chi connectivity index (χ2v) is 20.6. The predicted molar refractivity (Wildman–Crippen MR) is 325 cm³/mol. The number of unbranched alkanes of at least 4 members (excludes halogenated alkanes) is 27. The minimum atomic E-state index is -0.794. The van der Waals surface area contributed by atoms with E-state index in [1.54, 1.807) is 0 Å². The number of ether oxygens (including phenoxy) is 3. The quantitative estimate of drug-likeness (QED) is 0.0261. The minimum absolute atomic E-state index is 0.0897. The number of carbonyl (C=O) groups is 3. The van der Waals surface area contributed by atoms with Crippen LogP contribution in [0.5, 0.6) is 0 Å². The van der Waals surface area contributed by atoms with Crippen molar-refractivity contribution >= 4 is 17.9 Å². The second-order valence-electron chi connectivity index (χ2n) is 20.6. The van der Waals surface area contributed by atoms with Crippen molar-refractivity contribution in [1.29, 1.82) is 0 Å². The van der Waals surface area contributed by atoms with Crippen LogP contribution in [0.2, 0.25) is 0 Å². The molecule has 6 nitrogen and oxygen atoms in total. The Kier molecular flexibility index (Phi) is 59.3. The number of hydrogen-bond acceptors (Lipinski definition) is 6. The predicted octanol–water partition coefficient (Wildman–Crippen LogP) is 21.4. The number of rotatable bonds is 56. The monoisotopic (exact) mass is 1040 g/mol. The van der Waals surface area contributed by atoms with Crippen LogP contribution in [0.4, 0.5) is 0 Å². The molecule has 0 radical (unpaired) electrons. The van der Waals surface area contributed by atoms with E-state index in [0.29, 0.717) is 19.3 Å². The van der Waals surface area contributed by atoms with Crippen LogP contribution in [0.15, 0.2) is 109 Å². The molecule has 1 unspecified atom stereocenters. The van der Waals surface area contributed by atoms with E-state index >= 15 is 0 Å². The maximum Gasteiger partial charge on any atom is 0.306 e. The summed E-state index contributed by atoms with van der Waals surface area (Å²) in [5, 5.41) is 0. The van der Waals surface area contributed by atoms with E-state index in [-0.39, 0.29) is 31.1 Å². The molecular formula is C69H116O6. The third kappa shape index (κ3) is 60.8. The van der Waals surface area contributed by atoms with Crippen LogP contribution < -0.4 is 0 Å². The molecule has 0 saturated heterocycles. The molecule has 0 fully saturated rings. The lowest BCUT2D eigenvalue weighted by Crippen LogP contribution is -2.30. The molecule has 0 N–H and O–H groups in total. The fourth-order valence-corrected chi connectivity index (χ4v) is 8.52. The van der Waals surface area contributed by atoms with E-state index in [0.717, 1.165) is 135 Å². The second kappa shape index (κ2) is 62.6. The smallest absolute Gasteiger partial charge is 0.306 e. The molecule has 0 aromatic rings. The molecule has 0 bridgehead atoms. The molecule has 0 aromatic carbocycles. The van der Waals surface area contributed by atoms with E-state index in [4.69, 9.17) is 14.2 Å². The highest BCUT2D eigenvalue weighted by Crippen LogP contribution is 2.15. The van der Waals surface area contributed by atoms with Crippen LogP contribution in [-0.4, -0.2) is 37.2 Å². The molecule has 428 valence electrons. The third-order valence-corrected chi connectivity index (χ3v) is 13.2. The third-order valence-electron chi connectivity index (χ3n) is 13.2. The van der Waals surface area contributed by atoms with Gasteiger partial charge < -0.3 is 14.2 Å². The van der Waals surface area contributed by atoms with Crippen LogP contribution in [0, 0.1) is 0 Å². The van der Waals surface area contributed by atoms with Gasteiger partial charge in [-0.1, -0.05) is 259 Å². The first-order valence-electron chi connectivity index (χ1n) is 31.4. The van der Waals surface area contributed by atoms with Gasteiger partial charge in [0.25, 0.3) is 0 Å². The highest BCUT2D eigenvalue weighted by Gasteiger charge is 2.19. The van der Waals surface area contributed by atoms with Gasteiger partial charge in [0.15, 0.2) is 6.10 Å². The molecule has 0 heterocycles. The average molecular weight is 1040 g/mol. The Hall–Kier alpha value is -3.93. The molecule has 75 heavy (non-hydrogen) atoms. The molecule has 6 heteroatoms. The van der Waals surface area contributed by atoms with Gasteiger partial charge in [-0.05, 0) is 122 Å². The Morgan fingerprint density at radius 2 is 0.533 bits per heavy atom. The zero-order valence-electron chi connectivity index (χ0n) is 49.0. The summed E-state index contributed by atoms with van der Waals surface area (Å²) in [6.07, 6.45) is 85.1. The molecule has 0 amide bonds. The molecule has 0 aliphatic carbocycles. The highest BCUT2D eigenvalue weighted by atomic mass is 16.6. The molecule has 0 spiro atoms. The first-order chi connectivity index (χ1) is 37.0. The number of esters is 3. The van der Waals surface area contributed by atoms with E-state index < -0.39 is 6.10 Å². The molecule has 0 aliphatic heterocycles. The van der Waals surface area contributed by atoms with Gasteiger partial charge in [-0.3, -0.25) is 14.4 Å². The van der Waals surface area contributed by atoms with Crippen molar-refractivity contribution in [2.45, 2.75) is 297 Å². The van der Waals surface area contributed by atoms with Gasteiger partial charge in [0.05, 0.1) is 0 Å². The standard InChI is InChI=1S/C69H116O6/c1-4-7-10-13-16-19-22-25-28-30-32-33-34-35-36-37-38-40-41-44-47-50-53-56-59-62-68(71)74-65-66(64-73-67(70)61-58-55-52-49-46-43-27-24-21-18-15-12-9-6-3)75-69(72)63-60-57-54-51-48-45-42-39-31-29-26-23-20-17-14-11-8-5-2/h7,10,15-16,18-20,23-25,27-29,31-33,35-36,66H,4-6,8-9,11-14,17,21-22,26,30,34,37-65H2,1-3H3/b10-7-,18-15-,19-16-,23-20-,27-24-,28-25-,31-29-,33-32-,36-35-. The lowest BCUT2D eigenvalue weighted by atomic mass is 10.1. The van der Waals surface area contributed by atoms with Crippen molar-refractivity contribution < 1.29 is 28.6 Å². The largest absolute Gasteiger partial charge is 0.462 e. The molecular weight excluding hydrogens is 925 g/mol. The Labute approximate surface area is 463 Å². The molecule has 0 aliphatic rings. The summed E-state index contributed by atoms with van der Waals surface area (Å²) in [7, 11) is 0.